The van der Waals surface area contributed by atoms with E-state index in [1.807, 2.05) is 20.8 Å². The molecule has 1 rings (SSSR count). The standard InChI is InChI=1S/C25H39O9P/c1-8-11-14-35(15-12-9-2,16-13-10-3)25(24(30)34-7)19(23(29)33-6)17(21(27)31-4)18(20(25)26)22(28)32-5/h8-16H2,1-7H3/q+1. The number of ether oxygens (including phenoxy) is 4. The highest BCUT2D eigenvalue weighted by Crippen LogP contribution is 2.77. The van der Waals surface area contributed by atoms with Gasteiger partial charge in [-0.2, -0.15) is 0 Å². The van der Waals surface area contributed by atoms with E-state index in [1.54, 1.807) is 0 Å². The van der Waals surface area contributed by atoms with Gasteiger partial charge in [0.05, 0.1) is 46.9 Å². The Kier molecular flexibility index (Phi) is 12.3. The summed E-state index contributed by atoms with van der Waals surface area (Å²) >= 11 is 0. The molecule has 1 fully saturated rings. The molecule has 0 bridgehead atoms. The fourth-order valence-electron chi connectivity index (χ4n) is 4.88. The average Bonchev–Trinajstić information content (AvgIpc) is 3.16. The fourth-order valence-corrected chi connectivity index (χ4v) is 11.0. The summed E-state index contributed by atoms with van der Waals surface area (Å²) in [4.78, 5) is 67.4. The normalized spacial score (nSPS) is 19.5. The van der Waals surface area contributed by atoms with Crippen molar-refractivity contribution in [2.75, 3.05) is 46.9 Å². The van der Waals surface area contributed by atoms with Crippen LogP contribution in [0.2, 0.25) is 0 Å². The summed E-state index contributed by atoms with van der Waals surface area (Å²) in [7, 11) is 1.58. The van der Waals surface area contributed by atoms with Gasteiger partial charge in [-0.25, -0.2) is 4.79 Å². The maximum absolute atomic E-state index is 14.4. The third-order valence-electron chi connectivity index (χ3n) is 6.60. The summed E-state index contributed by atoms with van der Waals surface area (Å²) < 4.78 is 19.9. The maximum Gasteiger partial charge on any atom is 0.359 e. The Labute approximate surface area is 209 Å². The molecule has 0 saturated heterocycles. The number of hydrogen-bond acceptors (Lipinski definition) is 9. The third-order valence-corrected chi connectivity index (χ3v) is 12.1. The molecular formula is C25H39O9P+. The number of carbonyl (C=O) groups is 5. The van der Waals surface area contributed by atoms with Crippen LogP contribution in [0, 0.1) is 17.8 Å². The summed E-state index contributed by atoms with van der Waals surface area (Å²) in [5, 5.41) is -2.15. The van der Waals surface area contributed by atoms with E-state index in [1.165, 1.54) is 0 Å². The quantitative estimate of drug-likeness (QED) is 0.149. The van der Waals surface area contributed by atoms with E-state index in [0.717, 1.165) is 47.7 Å². The third kappa shape index (κ3) is 5.55. The molecule has 35 heavy (non-hydrogen) atoms. The van der Waals surface area contributed by atoms with Gasteiger partial charge in [0, 0.05) is 7.26 Å². The first-order chi connectivity index (χ1) is 16.6. The molecule has 197 valence electrons. The minimum Gasteiger partial charge on any atom is -0.468 e. The van der Waals surface area contributed by atoms with Crippen LogP contribution in [0.4, 0.5) is 0 Å². The molecule has 0 spiro atoms. The van der Waals surface area contributed by atoms with Crippen molar-refractivity contribution in [3.8, 4) is 0 Å². The molecule has 0 N–H and O–H groups in total. The van der Waals surface area contributed by atoms with Gasteiger partial charge >= 0.3 is 23.9 Å². The molecule has 0 aliphatic heterocycles. The van der Waals surface area contributed by atoms with Crippen LogP contribution in [0.15, 0.2) is 0 Å². The predicted molar refractivity (Wildman–Crippen MR) is 132 cm³/mol. The van der Waals surface area contributed by atoms with Crippen LogP contribution in [0.3, 0.4) is 0 Å². The zero-order chi connectivity index (χ0) is 26.8. The summed E-state index contributed by atoms with van der Waals surface area (Å²) in [6, 6.07) is 0. The molecule has 0 aromatic rings. The Hall–Kier alpha value is -2.02. The van der Waals surface area contributed by atoms with Crippen LogP contribution in [0.25, 0.3) is 0 Å². The monoisotopic (exact) mass is 514 g/mol. The number of unbranched alkanes of at least 4 members (excludes halogenated alkanes) is 3. The number of rotatable bonds is 14. The van der Waals surface area contributed by atoms with E-state index < -0.39 is 59.8 Å². The number of ketones is 1. The molecule has 0 amide bonds. The lowest BCUT2D eigenvalue weighted by molar-refractivity contribution is -0.150. The minimum absolute atomic E-state index is 0.458. The molecule has 1 atom stereocenters. The number of esters is 4. The van der Waals surface area contributed by atoms with Crippen molar-refractivity contribution in [3.05, 3.63) is 17.8 Å². The molecule has 3 radical (unpaired) electrons. The van der Waals surface area contributed by atoms with Gasteiger partial charge in [0.1, 0.15) is 5.92 Å². The minimum atomic E-state index is -2.77. The second-order valence-corrected chi connectivity index (χ2v) is 12.8. The molecule has 1 aliphatic carbocycles. The second kappa shape index (κ2) is 13.9. The second-order valence-electron chi connectivity index (χ2n) is 8.51. The maximum atomic E-state index is 14.4. The first-order valence-electron chi connectivity index (χ1n) is 12.0. The highest BCUT2D eigenvalue weighted by atomic mass is 31.2. The van der Waals surface area contributed by atoms with Crippen molar-refractivity contribution in [2.45, 2.75) is 64.5 Å². The summed E-state index contributed by atoms with van der Waals surface area (Å²) in [5.74, 6) is -6.85. The van der Waals surface area contributed by atoms with Crippen molar-refractivity contribution >= 4 is 36.9 Å². The summed E-state index contributed by atoms with van der Waals surface area (Å²) in [6.45, 7) is 6.00. The van der Waals surface area contributed by atoms with Crippen molar-refractivity contribution in [1.29, 1.82) is 0 Å². The van der Waals surface area contributed by atoms with Gasteiger partial charge in [0.25, 0.3) is 5.16 Å². The smallest absolute Gasteiger partial charge is 0.359 e. The van der Waals surface area contributed by atoms with Crippen molar-refractivity contribution in [2.24, 2.45) is 0 Å². The van der Waals surface area contributed by atoms with Gasteiger partial charge in [-0.3, -0.25) is 19.2 Å². The van der Waals surface area contributed by atoms with Crippen LogP contribution in [-0.2, 0) is 42.9 Å². The highest BCUT2D eigenvalue weighted by Gasteiger charge is 2.83. The molecule has 9 nitrogen and oxygen atoms in total. The Morgan fingerprint density at radius 3 is 1.40 bits per heavy atom. The first-order valence-corrected chi connectivity index (χ1v) is 14.4. The number of hydrogen-bond donors (Lipinski definition) is 0. The van der Waals surface area contributed by atoms with E-state index >= 15 is 0 Å². The lowest BCUT2D eigenvalue weighted by Gasteiger charge is -2.42. The molecule has 1 unspecified atom stereocenters. The van der Waals surface area contributed by atoms with Gasteiger partial charge in [-0.1, -0.05) is 40.0 Å². The first kappa shape index (κ1) is 31.0. The molecule has 10 heteroatoms. The Balaban J connectivity index is 4.22. The number of methoxy groups -OCH3 is 4. The average molecular weight is 515 g/mol. The Bertz CT molecular complexity index is 759. The lowest BCUT2D eigenvalue weighted by Crippen LogP contribution is -2.55. The molecular weight excluding hydrogens is 475 g/mol. The van der Waals surface area contributed by atoms with Gasteiger partial charge in [-0.15, -0.1) is 0 Å². The van der Waals surface area contributed by atoms with Crippen molar-refractivity contribution < 1.29 is 42.9 Å². The van der Waals surface area contributed by atoms with E-state index in [0.29, 0.717) is 37.7 Å². The lowest BCUT2D eigenvalue weighted by atomic mass is 9.86. The predicted octanol–water partition coefficient (Wildman–Crippen LogP) is 3.14. The molecule has 1 saturated carbocycles. The SMILES string of the molecule is CCCC[P+](CCCC)(CCCC)C1(C(=O)OC)[C](C(=O)OC)[C](C(=O)OC)[C](C(=O)OC)C1=O. The molecule has 0 aromatic heterocycles. The van der Waals surface area contributed by atoms with Crippen molar-refractivity contribution in [1.82, 2.24) is 0 Å². The zero-order valence-electron chi connectivity index (χ0n) is 22.0. The van der Waals surface area contributed by atoms with Crippen LogP contribution in [-0.4, -0.2) is 81.7 Å². The van der Waals surface area contributed by atoms with Crippen LogP contribution in [0.1, 0.15) is 59.3 Å². The Morgan fingerprint density at radius 1 is 0.657 bits per heavy atom. The van der Waals surface area contributed by atoms with Gasteiger partial charge < -0.3 is 18.9 Å². The van der Waals surface area contributed by atoms with Gasteiger partial charge in [-0.05, 0) is 19.3 Å². The van der Waals surface area contributed by atoms with Crippen LogP contribution >= 0.6 is 7.26 Å². The molecule has 1 aliphatic rings. The largest absolute Gasteiger partial charge is 0.468 e. The summed E-state index contributed by atoms with van der Waals surface area (Å²) in [5.41, 5.74) is 0. The van der Waals surface area contributed by atoms with Crippen molar-refractivity contribution in [3.63, 3.8) is 0 Å². The Morgan fingerprint density at radius 2 is 1.06 bits per heavy atom. The molecule has 0 heterocycles. The van der Waals surface area contributed by atoms with E-state index in [4.69, 9.17) is 18.9 Å². The van der Waals surface area contributed by atoms with Gasteiger partial charge in [0.15, 0.2) is 11.8 Å². The highest BCUT2D eigenvalue weighted by molar-refractivity contribution is 7.79. The topological polar surface area (TPSA) is 122 Å². The van der Waals surface area contributed by atoms with Crippen LogP contribution in [0.5, 0.6) is 0 Å². The molecule has 0 aromatic carbocycles. The fraction of sp³-hybridized carbons (Fsp3) is 0.680. The van der Waals surface area contributed by atoms with E-state index in [9.17, 15) is 24.0 Å². The number of Topliss-reactive ketones (excluding diaryl/α,β-unsaturated/α-hetero) is 1. The van der Waals surface area contributed by atoms with E-state index in [-0.39, 0.29) is 0 Å². The summed E-state index contributed by atoms with van der Waals surface area (Å²) in [6.07, 6.45) is 5.99. The van der Waals surface area contributed by atoms with Crippen LogP contribution < -0.4 is 0 Å². The van der Waals surface area contributed by atoms with E-state index in [2.05, 4.69) is 0 Å². The zero-order valence-corrected chi connectivity index (χ0v) is 22.9. The number of carbonyl (C=O) groups excluding carboxylic acids is 5. The van der Waals surface area contributed by atoms with Gasteiger partial charge in [0.2, 0.25) is 5.78 Å².